The van der Waals surface area contributed by atoms with Crippen molar-refractivity contribution < 1.29 is 4.39 Å². The first kappa shape index (κ1) is 11.2. The maximum Gasteiger partial charge on any atom is 0.125 e. The Labute approximate surface area is 96.0 Å². The van der Waals surface area contributed by atoms with Gasteiger partial charge in [-0.2, -0.15) is 0 Å². The fourth-order valence-corrected chi connectivity index (χ4v) is 2.46. The van der Waals surface area contributed by atoms with Crippen molar-refractivity contribution >= 4 is 11.4 Å². The van der Waals surface area contributed by atoms with Crippen LogP contribution >= 0.6 is 0 Å². The topological polar surface area (TPSA) is 38.0 Å². The van der Waals surface area contributed by atoms with Crippen LogP contribution in [0.4, 0.5) is 15.8 Å². The van der Waals surface area contributed by atoms with Gasteiger partial charge in [-0.1, -0.05) is 19.8 Å². The molecule has 0 spiro atoms. The second-order valence-corrected chi connectivity index (χ2v) is 4.78. The van der Waals surface area contributed by atoms with Crippen LogP contribution in [0.2, 0.25) is 0 Å². The number of halogens is 1. The number of nitrogens with one attached hydrogen (secondary N) is 1. The molecule has 1 aromatic rings. The second kappa shape index (κ2) is 4.73. The summed E-state index contributed by atoms with van der Waals surface area (Å²) in [5, 5.41) is 3.32. The SMILES string of the molecule is CC1CCCC1CNc1ccc(F)cc1N. The lowest BCUT2D eigenvalue weighted by molar-refractivity contribution is 0.440. The third kappa shape index (κ3) is 2.46. The van der Waals surface area contributed by atoms with E-state index in [1.165, 1.54) is 31.4 Å². The number of benzene rings is 1. The zero-order valence-corrected chi connectivity index (χ0v) is 9.67. The Balaban J connectivity index is 1.94. The van der Waals surface area contributed by atoms with Crippen LogP contribution in [0.1, 0.15) is 26.2 Å². The maximum atomic E-state index is 12.8. The number of hydrogen-bond donors (Lipinski definition) is 2. The molecule has 0 saturated heterocycles. The fourth-order valence-electron chi connectivity index (χ4n) is 2.46. The van der Waals surface area contributed by atoms with E-state index < -0.39 is 0 Å². The average Bonchev–Trinajstić information content (AvgIpc) is 2.63. The summed E-state index contributed by atoms with van der Waals surface area (Å²) in [5.41, 5.74) is 7.08. The molecule has 88 valence electrons. The number of anilines is 2. The number of nitrogens with two attached hydrogens (primary N) is 1. The van der Waals surface area contributed by atoms with Gasteiger partial charge < -0.3 is 11.1 Å². The molecule has 0 radical (unpaired) electrons. The lowest BCUT2D eigenvalue weighted by Crippen LogP contribution is -2.17. The van der Waals surface area contributed by atoms with Gasteiger partial charge in [-0.15, -0.1) is 0 Å². The molecule has 2 rings (SSSR count). The zero-order valence-electron chi connectivity index (χ0n) is 9.67. The van der Waals surface area contributed by atoms with E-state index in [-0.39, 0.29) is 5.82 Å². The van der Waals surface area contributed by atoms with Crippen LogP contribution in [0.3, 0.4) is 0 Å². The summed E-state index contributed by atoms with van der Waals surface area (Å²) >= 11 is 0. The standard InChI is InChI=1S/C13H19FN2/c1-9-3-2-4-10(9)8-16-13-6-5-11(14)7-12(13)15/h5-7,9-10,16H,2-4,8,15H2,1H3. The molecule has 16 heavy (non-hydrogen) atoms. The normalized spacial score (nSPS) is 24.6. The first-order valence-electron chi connectivity index (χ1n) is 5.95. The molecule has 2 nitrogen and oxygen atoms in total. The van der Waals surface area contributed by atoms with Crippen molar-refractivity contribution in [1.29, 1.82) is 0 Å². The van der Waals surface area contributed by atoms with Crippen molar-refractivity contribution in [3.63, 3.8) is 0 Å². The molecular formula is C13H19FN2. The fraction of sp³-hybridized carbons (Fsp3) is 0.538. The molecule has 1 aromatic carbocycles. The summed E-state index contributed by atoms with van der Waals surface area (Å²) in [6.45, 7) is 3.24. The molecule has 1 aliphatic rings. The van der Waals surface area contributed by atoms with Gasteiger partial charge in [0.05, 0.1) is 11.4 Å². The molecule has 0 aliphatic heterocycles. The quantitative estimate of drug-likeness (QED) is 0.770. The average molecular weight is 222 g/mol. The number of hydrogen-bond acceptors (Lipinski definition) is 2. The van der Waals surface area contributed by atoms with Crippen LogP contribution in [0.25, 0.3) is 0 Å². The highest BCUT2D eigenvalue weighted by Crippen LogP contribution is 2.31. The summed E-state index contributed by atoms with van der Waals surface area (Å²) in [6.07, 6.45) is 3.94. The van der Waals surface area contributed by atoms with E-state index in [4.69, 9.17) is 5.73 Å². The van der Waals surface area contributed by atoms with Gasteiger partial charge >= 0.3 is 0 Å². The van der Waals surface area contributed by atoms with E-state index in [1.807, 2.05) is 0 Å². The van der Waals surface area contributed by atoms with Gasteiger partial charge in [0.1, 0.15) is 5.82 Å². The van der Waals surface area contributed by atoms with Gasteiger partial charge in [-0.05, 0) is 36.5 Å². The zero-order chi connectivity index (χ0) is 11.5. The minimum atomic E-state index is -0.280. The Morgan fingerprint density at radius 1 is 1.44 bits per heavy atom. The van der Waals surface area contributed by atoms with Crippen LogP contribution in [0.15, 0.2) is 18.2 Å². The summed E-state index contributed by atoms with van der Waals surface area (Å²) in [5.74, 6) is 1.23. The Morgan fingerprint density at radius 3 is 2.88 bits per heavy atom. The van der Waals surface area contributed by atoms with E-state index >= 15 is 0 Å². The highest BCUT2D eigenvalue weighted by atomic mass is 19.1. The molecular weight excluding hydrogens is 203 g/mol. The molecule has 0 bridgehead atoms. The van der Waals surface area contributed by atoms with Gasteiger partial charge in [0, 0.05) is 6.54 Å². The second-order valence-electron chi connectivity index (χ2n) is 4.78. The van der Waals surface area contributed by atoms with E-state index in [2.05, 4.69) is 12.2 Å². The van der Waals surface area contributed by atoms with E-state index in [0.717, 1.165) is 24.1 Å². The predicted molar refractivity (Wildman–Crippen MR) is 65.8 cm³/mol. The van der Waals surface area contributed by atoms with Crippen LogP contribution < -0.4 is 11.1 Å². The summed E-state index contributed by atoms with van der Waals surface area (Å²) in [6, 6.07) is 4.52. The molecule has 1 aliphatic carbocycles. The Morgan fingerprint density at radius 2 is 2.25 bits per heavy atom. The Hall–Kier alpha value is -1.25. The van der Waals surface area contributed by atoms with Crippen LogP contribution in [0.5, 0.6) is 0 Å². The molecule has 0 heterocycles. The Bertz CT molecular complexity index is 365. The van der Waals surface area contributed by atoms with Crippen LogP contribution in [0, 0.1) is 17.7 Å². The summed E-state index contributed by atoms with van der Waals surface area (Å²) in [4.78, 5) is 0. The van der Waals surface area contributed by atoms with Crippen molar-refractivity contribution in [3.05, 3.63) is 24.0 Å². The van der Waals surface area contributed by atoms with Gasteiger partial charge in [0.2, 0.25) is 0 Å². The highest BCUT2D eigenvalue weighted by Gasteiger charge is 2.22. The maximum absolute atomic E-state index is 12.8. The molecule has 0 amide bonds. The van der Waals surface area contributed by atoms with Gasteiger partial charge in [0.25, 0.3) is 0 Å². The third-order valence-corrected chi connectivity index (χ3v) is 3.61. The van der Waals surface area contributed by atoms with Crippen molar-refractivity contribution in [2.75, 3.05) is 17.6 Å². The minimum absolute atomic E-state index is 0.280. The van der Waals surface area contributed by atoms with Crippen molar-refractivity contribution in [3.8, 4) is 0 Å². The molecule has 3 N–H and O–H groups in total. The van der Waals surface area contributed by atoms with Gasteiger partial charge in [-0.3, -0.25) is 0 Å². The summed E-state index contributed by atoms with van der Waals surface area (Å²) in [7, 11) is 0. The lowest BCUT2D eigenvalue weighted by atomic mass is 9.98. The molecule has 0 aromatic heterocycles. The van der Waals surface area contributed by atoms with Gasteiger partial charge in [-0.25, -0.2) is 4.39 Å². The van der Waals surface area contributed by atoms with Crippen molar-refractivity contribution in [2.45, 2.75) is 26.2 Å². The lowest BCUT2D eigenvalue weighted by Gasteiger charge is -2.17. The molecule has 2 atom stereocenters. The first-order valence-corrected chi connectivity index (χ1v) is 5.95. The molecule has 2 unspecified atom stereocenters. The van der Waals surface area contributed by atoms with E-state index in [9.17, 15) is 4.39 Å². The summed E-state index contributed by atoms with van der Waals surface area (Å²) < 4.78 is 12.8. The highest BCUT2D eigenvalue weighted by molar-refractivity contribution is 5.65. The smallest absolute Gasteiger partial charge is 0.125 e. The Kier molecular flexibility index (Phi) is 3.32. The van der Waals surface area contributed by atoms with Crippen LogP contribution in [-0.2, 0) is 0 Å². The van der Waals surface area contributed by atoms with Gasteiger partial charge in [0.15, 0.2) is 0 Å². The van der Waals surface area contributed by atoms with Crippen LogP contribution in [-0.4, -0.2) is 6.54 Å². The molecule has 1 fully saturated rings. The molecule has 1 saturated carbocycles. The van der Waals surface area contributed by atoms with E-state index in [0.29, 0.717) is 5.69 Å². The third-order valence-electron chi connectivity index (χ3n) is 3.61. The predicted octanol–water partition coefficient (Wildman–Crippen LogP) is 3.26. The number of nitrogen functional groups attached to an aromatic ring is 1. The molecule has 3 heteroatoms. The monoisotopic (exact) mass is 222 g/mol. The van der Waals surface area contributed by atoms with Crippen molar-refractivity contribution in [2.24, 2.45) is 11.8 Å². The van der Waals surface area contributed by atoms with Crippen molar-refractivity contribution in [1.82, 2.24) is 0 Å². The minimum Gasteiger partial charge on any atom is -0.397 e. The first-order chi connectivity index (χ1) is 7.66. The van der Waals surface area contributed by atoms with E-state index in [1.54, 1.807) is 6.07 Å². The largest absolute Gasteiger partial charge is 0.397 e. The number of rotatable bonds is 3.